The predicted octanol–water partition coefficient (Wildman–Crippen LogP) is 3.34. The van der Waals surface area contributed by atoms with Gasteiger partial charge in [-0.2, -0.15) is 0 Å². The van der Waals surface area contributed by atoms with Crippen LogP contribution in [0, 0.1) is 12.8 Å². The average Bonchev–Trinajstić information content (AvgIpc) is 2.69. The van der Waals surface area contributed by atoms with Gasteiger partial charge < -0.3 is 5.32 Å². The summed E-state index contributed by atoms with van der Waals surface area (Å²) in [7, 11) is 0. The number of hydrogen-bond donors (Lipinski definition) is 3. The van der Waals surface area contributed by atoms with Crippen LogP contribution in [0.3, 0.4) is 0 Å². The SMILES string of the molecule is Cc1ccccc1C(=O)N[C@@H](C(=O)NNC(=O)CSc1ccc(Cl)cc1)C(C)C. The van der Waals surface area contributed by atoms with Gasteiger partial charge in [0.2, 0.25) is 5.91 Å². The van der Waals surface area contributed by atoms with Crippen molar-refractivity contribution in [2.45, 2.75) is 31.7 Å². The fourth-order valence-corrected chi connectivity index (χ4v) is 3.33. The number of halogens is 1. The fourth-order valence-electron chi connectivity index (χ4n) is 2.51. The molecule has 2 aromatic rings. The molecule has 0 saturated carbocycles. The van der Waals surface area contributed by atoms with Crippen LogP contribution in [0.5, 0.6) is 0 Å². The van der Waals surface area contributed by atoms with Crippen LogP contribution in [0.1, 0.15) is 29.8 Å². The normalized spacial score (nSPS) is 11.6. The molecule has 0 spiro atoms. The van der Waals surface area contributed by atoms with Crippen molar-refractivity contribution in [1.82, 2.24) is 16.2 Å². The first-order valence-electron chi connectivity index (χ1n) is 9.11. The van der Waals surface area contributed by atoms with Gasteiger partial charge in [-0.25, -0.2) is 0 Å². The summed E-state index contributed by atoms with van der Waals surface area (Å²) in [5.74, 6) is -1.20. The van der Waals surface area contributed by atoms with Crippen LogP contribution in [0.2, 0.25) is 5.02 Å². The Morgan fingerprint density at radius 2 is 1.66 bits per heavy atom. The molecule has 154 valence electrons. The van der Waals surface area contributed by atoms with E-state index in [1.807, 2.05) is 45.0 Å². The second-order valence-electron chi connectivity index (χ2n) is 6.79. The molecule has 0 saturated heterocycles. The fraction of sp³-hybridized carbons (Fsp3) is 0.286. The second kappa shape index (κ2) is 10.9. The number of nitrogens with one attached hydrogen (secondary N) is 3. The molecule has 8 heteroatoms. The Morgan fingerprint density at radius 1 is 1.00 bits per heavy atom. The molecule has 0 fully saturated rings. The van der Waals surface area contributed by atoms with Crippen molar-refractivity contribution in [3.8, 4) is 0 Å². The van der Waals surface area contributed by atoms with E-state index in [1.54, 1.807) is 24.3 Å². The van der Waals surface area contributed by atoms with Crippen molar-refractivity contribution in [2.75, 3.05) is 5.75 Å². The topological polar surface area (TPSA) is 87.3 Å². The van der Waals surface area contributed by atoms with Crippen LogP contribution >= 0.6 is 23.4 Å². The summed E-state index contributed by atoms with van der Waals surface area (Å²) in [6.07, 6.45) is 0. The van der Waals surface area contributed by atoms with E-state index in [2.05, 4.69) is 16.2 Å². The molecular weight excluding hydrogens is 410 g/mol. The van der Waals surface area contributed by atoms with Crippen molar-refractivity contribution < 1.29 is 14.4 Å². The van der Waals surface area contributed by atoms with Gasteiger partial charge in [-0.1, -0.05) is 43.6 Å². The van der Waals surface area contributed by atoms with Crippen molar-refractivity contribution in [3.05, 3.63) is 64.7 Å². The minimum Gasteiger partial charge on any atom is -0.340 e. The molecule has 1 atom stereocenters. The smallest absolute Gasteiger partial charge is 0.261 e. The third-order valence-corrected chi connectivity index (χ3v) is 5.40. The van der Waals surface area contributed by atoms with Crippen molar-refractivity contribution in [3.63, 3.8) is 0 Å². The summed E-state index contributed by atoms with van der Waals surface area (Å²) < 4.78 is 0. The quantitative estimate of drug-likeness (QED) is 0.461. The molecule has 0 aromatic heterocycles. The molecule has 2 rings (SSSR count). The second-order valence-corrected chi connectivity index (χ2v) is 8.28. The third kappa shape index (κ3) is 7.11. The van der Waals surface area contributed by atoms with E-state index in [9.17, 15) is 14.4 Å². The lowest BCUT2D eigenvalue weighted by Crippen LogP contribution is -2.54. The van der Waals surface area contributed by atoms with Crippen molar-refractivity contribution in [2.24, 2.45) is 5.92 Å². The number of aryl methyl sites for hydroxylation is 1. The number of benzene rings is 2. The van der Waals surface area contributed by atoms with Gasteiger partial charge in [-0.15, -0.1) is 11.8 Å². The highest BCUT2D eigenvalue weighted by Gasteiger charge is 2.25. The van der Waals surface area contributed by atoms with E-state index in [0.717, 1.165) is 10.5 Å². The number of amides is 3. The first-order valence-corrected chi connectivity index (χ1v) is 10.5. The Morgan fingerprint density at radius 3 is 2.28 bits per heavy atom. The van der Waals surface area contributed by atoms with Gasteiger partial charge in [0.05, 0.1) is 5.75 Å². The van der Waals surface area contributed by atoms with E-state index < -0.39 is 11.9 Å². The van der Waals surface area contributed by atoms with Crippen LogP contribution in [0.4, 0.5) is 0 Å². The van der Waals surface area contributed by atoms with Crippen LogP contribution in [0.15, 0.2) is 53.4 Å². The van der Waals surface area contributed by atoms with Gasteiger partial charge in [0.1, 0.15) is 6.04 Å². The first-order chi connectivity index (χ1) is 13.8. The van der Waals surface area contributed by atoms with Crippen LogP contribution in [0.25, 0.3) is 0 Å². The van der Waals surface area contributed by atoms with Gasteiger partial charge in [0, 0.05) is 15.5 Å². The van der Waals surface area contributed by atoms with Gasteiger partial charge in [-0.05, 0) is 48.7 Å². The minimum atomic E-state index is -0.786. The number of hydrazine groups is 1. The standard InChI is InChI=1S/C21H24ClN3O3S/c1-13(2)19(23-20(27)17-7-5-4-6-14(17)3)21(28)25-24-18(26)12-29-16-10-8-15(22)9-11-16/h4-11,13,19H,12H2,1-3H3,(H,23,27)(H,24,26)(H,25,28)/t19-/m1/s1. The molecule has 0 aliphatic carbocycles. The molecule has 0 radical (unpaired) electrons. The number of rotatable bonds is 7. The maximum absolute atomic E-state index is 12.5. The van der Waals surface area contributed by atoms with Crippen LogP contribution < -0.4 is 16.2 Å². The number of carbonyl (C=O) groups excluding carboxylic acids is 3. The lowest BCUT2D eigenvalue weighted by Gasteiger charge is -2.22. The highest BCUT2D eigenvalue weighted by Crippen LogP contribution is 2.19. The Hall–Kier alpha value is -2.51. The predicted molar refractivity (Wildman–Crippen MR) is 116 cm³/mol. The molecule has 3 amide bonds. The van der Waals surface area contributed by atoms with Gasteiger partial charge in [0.15, 0.2) is 0 Å². The van der Waals surface area contributed by atoms with E-state index in [0.29, 0.717) is 10.6 Å². The maximum atomic E-state index is 12.5. The summed E-state index contributed by atoms with van der Waals surface area (Å²) >= 11 is 7.15. The molecule has 0 bridgehead atoms. The maximum Gasteiger partial charge on any atom is 0.261 e. The van der Waals surface area contributed by atoms with Crippen LogP contribution in [-0.4, -0.2) is 29.5 Å². The number of thioether (sulfide) groups is 1. The van der Waals surface area contributed by atoms with E-state index in [-0.39, 0.29) is 23.5 Å². The summed E-state index contributed by atoms with van der Waals surface area (Å²) in [4.78, 5) is 37.9. The lowest BCUT2D eigenvalue weighted by molar-refractivity contribution is -0.129. The zero-order valence-electron chi connectivity index (χ0n) is 16.5. The zero-order chi connectivity index (χ0) is 21.4. The molecule has 0 aliphatic rings. The van der Waals surface area contributed by atoms with Crippen molar-refractivity contribution >= 4 is 41.1 Å². The largest absolute Gasteiger partial charge is 0.340 e. The highest BCUT2D eigenvalue weighted by atomic mass is 35.5. The first kappa shape index (κ1) is 22.8. The third-order valence-electron chi connectivity index (χ3n) is 4.13. The molecule has 2 aromatic carbocycles. The molecule has 29 heavy (non-hydrogen) atoms. The number of hydrogen-bond acceptors (Lipinski definition) is 4. The summed E-state index contributed by atoms with van der Waals surface area (Å²) in [6.45, 7) is 5.47. The van der Waals surface area contributed by atoms with Gasteiger partial charge >= 0.3 is 0 Å². The van der Waals surface area contributed by atoms with E-state index in [1.165, 1.54) is 11.8 Å². The Balaban J connectivity index is 1.87. The van der Waals surface area contributed by atoms with Gasteiger partial charge in [-0.3, -0.25) is 25.2 Å². The van der Waals surface area contributed by atoms with Crippen LogP contribution in [-0.2, 0) is 9.59 Å². The van der Waals surface area contributed by atoms with E-state index >= 15 is 0 Å². The Kier molecular flexibility index (Phi) is 8.54. The van der Waals surface area contributed by atoms with Gasteiger partial charge in [0.25, 0.3) is 11.8 Å². The monoisotopic (exact) mass is 433 g/mol. The Labute approximate surface area is 179 Å². The Bertz CT molecular complexity index is 872. The molecule has 0 heterocycles. The number of carbonyl (C=O) groups is 3. The molecule has 3 N–H and O–H groups in total. The highest BCUT2D eigenvalue weighted by molar-refractivity contribution is 8.00. The summed E-state index contributed by atoms with van der Waals surface area (Å²) in [6, 6.07) is 13.5. The average molecular weight is 434 g/mol. The lowest BCUT2D eigenvalue weighted by atomic mass is 10.0. The minimum absolute atomic E-state index is 0.129. The van der Waals surface area contributed by atoms with E-state index in [4.69, 9.17) is 11.6 Å². The molecular formula is C21H24ClN3O3S. The van der Waals surface area contributed by atoms with Crippen molar-refractivity contribution in [1.29, 1.82) is 0 Å². The molecule has 6 nitrogen and oxygen atoms in total. The summed E-state index contributed by atoms with van der Waals surface area (Å²) in [5.41, 5.74) is 6.11. The zero-order valence-corrected chi connectivity index (χ0v) is 18.1. The molecule has 0 aliphatic heterocycles. The molecule has 0 unspecified atom stereocenters. The summed E-state index contributed by atoms with van der Waals surface area (Å²) in [5, 5.41) is 3.36.